The average molecular weight is 207 g/mol. The fourth-order valence-corrected chi connectivity index (χ4v) is 1.27. The largest absolute Gasteiger partial charge is 0.367 e. The number of nitrogens with zero attached hydrogens (tertiary/aromatic N) is 2. The maximum absolute atomic E-state index is 4.23. The van der Waals surface area contributed by atoms with Crippen molar-refractivity contribution in [3.05, 3.63) is 18.1 Å². The van der Waals surface area contributed by atoms with Crippen molar-refractivity contribution >= 4 is 5.82 Å². The third-order valence-corrected chi connectivity index (χ3v) is 2.61. The molecule has 0 amide bonds. The SMILES string of the molecule is CCCc1cc(NC(C)C(C)C)ncn1. The van der Waals surface area contributed by atoms with Gasteiger partial charge in [0.05, 0.1) is 0 Å². The maximum atomic E-state index is 4.23. The Kier molecular flexibility index (Phi) is 4.53. The van der Waals surface area contributed by atoms with Crippen molar-refractivity contribution in [1.82, 2.24) is 9.97 Å². The zero-order valence-corrected chi connectivity index (χ0v) is 10.1. The van der Waals surface area contributed by atoms with Crippen molar-refractivity contribution in [2.75, 3.05) is 5.32 Å². The first kappa shape index (κ1) is 12.0. The normalized spacial score (nSPS) is 12.9. The highest BCUT2D eigenvalue weighted by Crippen LogP contribution is 2.11. The molecule has 0 saturated heterocycles. The predicted octanol–water partition coefficient (Wildman–Crippen LogP) is 2.89. The lowest BCUT2D eigenvalue weighted by Crippen LogP contribution is -2.22. The number of aromatic nitrogens is 2. The van der Waals surface area contributed by atoms with E-state index >= 15 is 0 Å². The van der Waals surface area contributed by atoms with Crippen molar-refractivity contribution in [2.45, 2.75) is 46.6 Å². The summed E-state index contributed by atoms with van der Waals surface area (Å²) in [7, 11) is 0. The minimum atomic E-state index is 0.439. The molecular formula is C12H21N3. The van der Waals surface area contributed by atoms with Gasteiger partial charge < -0.3 is 5.32 Å². The highest BCUT2D eigenvalue weighted by Gasteiger charge is 2.07. The lowest BCUT2D eigenvalue weighted by molar-refractivity contribution is 0.558. The first-order valence-corrected chi connectivity index (χ1v) is 5.71. The Hall–Kier alpha value is -1.12. The standard InChI is InChI=1S/C12H21N3/c1-5-6-11-7-12(14-8-13-11)15-10(4)9(2)3/h7-10H,5-6H2,1-4H3,(H,13,14,15). The van der Waals surface area contributed by atoms with E-state index < -0.39 is 0 Å². The second-order valence-corrected chi connectivity index (χ2v) is 4.32. The summed E-state index contributed by atoms with van der Waals surface area (Å²) in [5.41, 5.74) is 1.12. The van der Waals surface area contributed by atoms with Gasteiger partial charge in [0.2, 0.25) is 0 Å². The number of hydrogen-bond acceptors (Lipinski definition) is 3. The third kappa shape index (κ3) is 3.86. The fourth-order valence-electron chi connectivity index (χ4n) is 1.27. The van der Waals surface area contributed by atoms with Gasteiger partial charge in [0.15, 0.2) is 0 Å². The summed E-state index contributed by atoms with van der Waals surface area (Å²) in [4.78, 5) is 8.45. The number of nitrogens with one attached hydrogen (secondary N) is 1. The molecule has 3 heteroatoms. The maximum Gasteiger partial charge on any atom is 0.129 e. The molecule has 1 heterocycles. The third-order valence-electron chi connectivity index (χ3n) is 2.61. The van der Waals surface area contributed by atoms with Crippen LogP contribution < -0.4 is 5.32 Å². The van der Waals surface area contributed by atoms with E-state index in [9.17, 15) is 0 Å². The van der Waals surface area contributed by atoms with Gasteiger partial charge in [-0.3, -0.25) is 0 Å². The molecule has 1 atom stereocenters. The van der Waals surface area contributed by atoms with Gasteiger partial charge in [0.25, 0.3) is 0 Å². The summed E-state index contributed by atoms with van der Waals surface area (Å²) in [5, 5.41) is 3.39. The Bertz CT molecular complexity index is 297. The van der Waals surface area contributed by atoms with E-state index in [1.165, 1.54) is 0 Å². The van der Waals surface area contributed by atoms with Crippen LogP contribution >= 0.6 is 0 Å². The molecule has 1 aromatic rings. The molecule has 3 nitrogen and oxygen atoms in total. The lowest BCUT2D eigenvalue weighted by Gasteiger charge is -2.18. The quantitative estimate of drug-likeness (QED) is 0.806. The van der Waals surface area contributed by atoms with Crippen LogP contribution in [0.4, 0.5) is 5.82 Å². The molecular weight excluding hydrogens is 186 g/mol. The molecule has 0 fully saturated rings. The smallest absolute Gasteiger partial charge is 0.129 e. The highest BCUT2D eigenvalue weighted by molar-refractivity contribution is 5.35. The van der Waals surface area contributed by atoms with Crippen LogP contribution in [0.2, 0.25) is 0 Å². The lowest BCUT2D eigenvalue weighted by atomic mass is 10.1. The van der Waals surface area contributed by atoms with Crippen LogP contribution in [0.25, 0.3) is 0 Å². The van der Waals surface area contributed by atoms with Crippen LogP contribution in [-0.4, -0.2) is 16.0 Å². The summed E-state index contributed by atoms with van der Waals surface area (Å²) in [5.74, 6) is 1.55. The first-order chi connectivity index (χ1) is 7.13. The molecule has 0 aliphatic carbocycles. The number of anilines is 1. The van der Waals surface area contributed by atoms with E-state index in [0.717, 1.165) is 24.4 Å². The van der Waals surface area contributed by atoms with Crippen LogP contribution in [0.5, 0.6) is 0 Å². The average Bonchev–Trinajstić information content (AvgIpc) is 2.18. The van der Waals surface area contributed by atoms with Crippen LogP contribution in [0.1, 0.15) is 39.8 Å². The van der Waals surface area contributed by atoms with E-state index in [2.05, 4.69) is 43.0 Å². The highest BCUT2D eigenvalue weighted by atomic mass is 15.0. The summed E-state index contributed by atoms with van der Waals surface area (Å²) < 4.78 is 0. The molecule has 1 unspecified atom stereocenters. The summed E-state index contributed by atoms with van der Waals surface area (Å²) >= 11 is 0. The van der Waals surface area contributed by atoms with Gasteiger partial charge in [-0.25, -0.2) is 9.97 Å². The van der Waals surface area contributed by atoms with Gasteiger partial charge in [0.1, 0.15) is 12.1 Å². The minimum Gasteiger partial charge on any atom is -0.367 e. The monoisotopic (exact) mass is 207 g/mol. The van der Waals surface area contributed by atoms with Crippen molar-refractivity contribution in [3.63, 3.8) is 0 Å². The summed E-state index contributed by atoms with van der Waals surface area (Å²) in [6, 6.07) is 2.48. The van der Waals surface area contributed by atoms with Crippen LogP contribution in [0, 0.1) is 5.92 Å². The Labute approximate surface area is 92.3 Å². The molecule has 1 aromatic heterocycles. The second-order valence-electron chi connectivity index (χ2n) is 4.32. The van der Waals surface area contributed by atoms with Gasteiger partial charge in [-0.1, -0.05) is 27.2 Å². The zero-order valence-electron chi connectivity index (χ0n) is 10.1. The van der Waals surface area contributed by atoms with E-state index in [4.69, 9.17) is 0 Å². The molecule has 0 aliphatic rings. The van der Waals surface area contributed by atoms with Crippen molar-refractivity contribution < 1.29 is 0 Å². The van der Waals surface area contributed by atoms with Gasteiger partial charge >= 0.3 is 0 Å². The van der Waals surface area contributed by atoms with Crippen LogP contribution in [-0.2, 0) is 6.42 Å². The van der Waals surface area contributed by atoms with Gasteiger partial charge in [-0.2, -0.15) is 0 Å². The Morgan fingerprint density at radius 2 is 2.00 bits per heavy atom. The fraction of sp³-hybridized carbons (Fsp3) is 0.667. The number of rotatable bonds is 5. The van der Waals surface area contributed by atoms with Crippen molar-refractivity contribution in [2.24, 2.45) is 5.92 Å². The van der Waals surface area contributed by atoms with E-state index in [1.807, 2.05) is 6.07 Å². The van der Waals surface area contributed by atoms with Gasteiger partial charge in [-0.15, -0.1) is 0 Å². The minimum absolute atomic E-state index is 0.439. The second kappa shape index (κ2) is 5.69. The summed E-state index contributed by atoms with van der Waals surface area (Å²) in [6.45, 7) is 8.73. The van der Waals surface area contributed by atoms with E-state index in [1.54, 1.807) is 6.33 Å². The molecule has 0 aliphatic heterocycles. The topological polar surface area (TPSA) is 37.8 Å². The Balaban J connectivity index is 2.64. The van der Waals surface area contributed by atoms with Crippen molar-refractivity contribution in [3.8, 4) is 0 Å². The van der Waals surface area contributed by atoms with Crippen LogP contribution in [0.15, 0.2) is 12.4 Å². The number of hydrogen-bond donors (Lipinski definition) is 1. The van der Waals surface area contributed by atoms with Gasteiger partial charge in [-0.05, 0) is 19.3 Å². The molecule has 1 N–H and O–H groups in total. The van der Waals surface area contributed by atoms with E-state index in [-0.39, 0.29) is 0 Å². The van der Waals surface area contributed by atoms with Crippen LogP contribution in [0.3, 0.4) is 0 Å². The predicted molar refractivity (Wildman–Crippen MR) is 63.9 cm³/mol. The summed E-state index contributed by atoms with van der Waals surface area (Å²) in [6.07, 6.45) is 3.78. The van der Waals surface area contributed by atoms with E-state index in [0.29, 0.717) is 12.0 Å². The van der Waals surface area contributed by atoms with Gasteiger partial charge in [0, 0.05) is 17.8 Å². The molecule has 84 valence electrons. The molecule has 0 aromatic carbocycles. The molecule has 0 spiro atoms. The van der Waals surface area contributed by atoms with Crippen molar-refractivity contribution in [1.29, 1.82) is 0 Å². The molecule has 0 saturated carbocycles. The molecule has 0 radical (unpaired) electrons. The zero-order chi connectivity index (χ0) is 11.3. The molecule has 1 rings (SSSR count). The molecule has 15 heavy (non-hydrogen) atoms. The Morgan fingerprint density at radius 3 is 2.60 bits per heavy atom. The first-order valence-electron chi connectivity index (χ1n) is 5.71. The molecule has 0 bridgehead atoms. The Morgan fingerprint density at radius 1 is 1.27 bits per heavy atom. The number of aryl methyl sites for hydroxylation is 1.